The van der Waals surface area contributed by atoms with Crippen molar-refractivity contribution in [2.75, 3.05) is 0 Å². The van der Waals surface area contributed by atoms with Crippen molar-refractivity contribution in [1.82, 2.24) is 5.32 Å². The van der Waals surface area contributed by atoms with Crippen LogP contribution in [0.3, 0.4) is 0 Å². The minimum Gasteiger partial charge on any atom is -0.390 e. The standard InChI is InChI=1S/C18H26N2O2/c19-15(10-12-6-2-1-3-7-12)18(22)20-17-14-9-5-4-8-13(14)11-16(17)21/h4-5,8-9,12,15-17,21H,1-3,6-7,10-11,19H2,(H,20,22)/t15?,16-,17+/m0/s1. The van der Waals surface area contributed by atoms with Crippen LogP contribution in [0, 0.1) is 5.92 Å². The summed E-state index contributed by atoms with van der Waals surface area (Å²) in [7, 11) is 0. The molecule has 2 aliphatic carbocycles. The smallest absolute Gasteiger partial charge is 0.237 e. The largest absolute Gasteiger partial charge is 0.390 e. The third-order valence-electron chi connectivity index (χ3n) is 5.15. The van der Waals surface area contributed by atoms with E-state index >= 15 is 0 Å². The normalized spacial score (nSPS) is 26.5. The van der Waals surface area contributed by atoms with Crippen LogP contribution in [-0.4, -0.2) is 23.2 Å². The molecule has 0 aliphatic heterocycles. The number of rotatable bonds is 4. The number of carbonyl (C=O) groups is 1. The van der Waals surface area contributed by atoms with E-state index in [4.69, 9.17) is 5.73 Å². The summed E-state index contributed by atoms with van der Waals surface area (Å²) in [6, 6.07) is 7.10. The van der Waals surface area contributed by atoms with Crippen LogP contribution in [0.15, 0.2) is 24.3 Å². The van der Waals surface area contributed by atoms with Gasteiger partial charge in [0, 0.05) is 6.42 Å². The maximum atomic E-state index is 12.4. The number of benzene rings is 1. The number of amides is 1. The van der Waals surface area contributed by atoms with Crippen LogP contribution in [-0.2, 0) is 11.2 Å². The van der Waals surface area contributed by atoms with Crippen LogP contribution in [0.25, 0.3) is 0 Å². The summed E-state index contributed by atoms with van der Waals surface area (Å²) >= 11 is 0. The lowest BCUT2D eigenvalue weighted by atomic mass is 9.85. The molecule has 4 heteroatoms. The molecule has 1 unspecified atom stereocenters. The van der Waals surface area contributed by atoms with E-state index in [0.29, 0.717) is 12.3 Å². The van der Waals surface area contributed by atoms with Gasteiger partial charge >= 0.3 is 0 Å². The van der Waals surface area contributed by atoms with E-state index in [0.717, 1.165) is 17.5 Å². The van der Waals surface area contributed by atoms with Gasteiger partial charge in [-0.05, 0) is 23.5 Å². The number of fused-ring (bicyclic) bond motifs is 1. The third kappa shape index (κ3) is 3.33. The van der Waals surface area contributed by atoms with Crippen LogP contribution in [0.1, 0.15) is 55.7 Å². The number of carbonyl (C=O) groups excluding carboxylic acids is 1. The summed E-state index contributed by atoms with van der Waals surface area (Å²) in [5.74, 6) is 0.446. The lowest BCUT2D eigenvalue weighted by molar-refractivity contribution is -0.124. The van der Waals surface area contributed by atoms with Crippen molar-refractivity contribution in [2.24, 2.45) is 11.7 Å². The lowest BCUT2D eigenvalue weighted by Crippen LogP contribution is -2.45. The molecule has 120 valence electrons. The van der Waals surface area contributed by atoms with E-state index in [1.165, 1.54) is 32.1 Å². The minimum absolute atomic E-state index is 0.133. The molecule has 1 aromatic carbocycles. The van der Waals surface area contributed by atoms with E-state index in [-0.39, 0.29) is 11.9 Å². The molecule has 4 nitrogen and oxygen atoms in total. The zero-order valence-corrected chi connectivity index (χ0v) is 13.0. The first-order chi connectivity index (χ1) is 10.6. The first-order valence-electron chi connectivity index (χ1n) is 8.47. The number of hydrogen-bond donors (Lipinski definition) is 3. The predicted molar refractivity (Wildman–Crippen MR) is 86.2 cm³/mol. The zero-order chi connectivity index (χ0) is 15.5. The SMILES string of the molecule is NC(CC1CCCCC1)C(=O)N[C@@H]1c2ccccc2C[C@@H]1O. The fourth-order valence-corrected chi connectivity index (χ4v) is 3.90. The van der Waals surface area contributed by atoms with Gasteiger partial charge in [0.15, 0.2) is 0 Å². The molecule has 0 bridgehead atoms. The van der Waals surface area contributed by atoms with Crippen molar-refractivity contribution in [1.29, 1.82) is 0 Å². The van der Waals surface area contributed by atoms with Crippen molar-refractivity contribution < 1.29 is 9.90 Å². The third-order valence-corrected chi connectivity index (χ3v) is 5.15. The van der Waals surface area contributed by atoms with Crippen LogP contribution < -0.4 is 11.1 Å². The summed E-state index contributed by atoms with van der Waals surface area (Å²) in [5.41, 5.74) is 8.23. The Labute approximate surface area is 132 Å². The summed E-state index contributed by atoms with van der Waals surface area (Å²) in [6.45, 7) is 0. The maximum absolute atomic E-state index is 12.4. The quantitative estimate of drug-likeness (QED) is 0.797. The average molecular weight is 302 g/mol. The molecule has 4 N–H and O–H groups in total. The van der Waals surface area contributed by atoms with E-state index in [2.05, 4.69) is 5.32 Å². The average Bonchev–Trinajstić information content (AvgIpc) is 2.84. The van der Waals surface area contributed by atoms with Crippen molar-refractivity contribution >= 4 is 5.91 Å². The molecule has 0 aromatic heterocycles. The molecule has 0 heterocycles. The molecule has 1 saturated carbocycles. The van der Waals surface area contributed by atoms with E-state index < -0.39 is 12.1 Å². The molecule has 3 rings (SSSR count). The highest BCUT2D eigenvalue weighted by molar-refractivity contribution is 5.82. The van der Waals surface area contributed by atoms with Crippen molar-refractivity contribution in [2.45, 2.75) is 63.1 Å². The van der Waals surface area contributed by atoms with Gasteiger partial charge in [-0.15, -0.1) is 0 Å². The van der Waals surface area contributed by atoms with Crippen molar-refractivity contribution in [3.8, 4) is 0 Å². The Morgan fingerprint density at radius 2 is 2.00 bits per heavy atom. The fourth-order valence-electron chi connectivity index (χ4n) is 3.90. The van der Waals surface area contributed by atoms with Gasteiger partial charge in [0.25, 0.3) is 0 Å². The Morgan fingerprint density at radius 3 is 2.77 bits per heavy atom. The van der Waals surface area contributed by atoms with Gasteiger partial charge in [0.1, 0.15) is 0 Å². The molecule has 3 atom stereocenters. The molecule has 2 aliphatic rings. The van der Waals surface area contributed by atoms with Crippen LogP contribution in [0.2, 0.25) is 0 Å². The highest BCUT2D eigenvalue weighted by Gasteiger charge is 2.33. The highest BCUT2D eigenvalue weighted by atomic mass is 16.3. The Hall–Kier alpha value is -1.39. The first-order valence-corrected chi connectivity index (χ1v) is 8.47. The fraction of sp³-hybridized carbons (Fsp3) is 0.611. The molecule has 1 amide bonds. The van der Waals surface area contributed by atoms with Crippen LogP contribution in [0.5, 0.6) is 0 Å². The summed E-state index contributed by atoms with van der Waals surface area (Å²) in [5, 5.41) is 13.2. The molecule has 0 radical (unpaired) electrons. The summed E-state index contributed by atoms with van der Waals surface area (Å²) < 4.78 is 0. The van der Waals surface area contributed by atoms with Crippen molar-refractivity contribution in [3.05, 3.63) is 35.4 Å². The number of hydrogen-bond acceptors (Lipinski definition) is 3. The number of nitrogens with one attached hydrogen (secondary N) is 1. The van der Waals surface area contributed by atoms with Crippen molar-refractivity contribution in [3.63, 3.8) is 0 Å². The Bertz CT molecular complexity index is 526. The zero-order valence-electron chi connectivity index (χ0n) is 13.0. The van der Waals surface area contributed by atoms with E-state index in [1.807, 2.05) is 24.3 Å². The lowest BCUT2D eigenvalue weighted by Gasteiger charge is -2.25. The summed E-state index contributed by atoms with van der Waals surface area (Å²) in [4.78, 5) is 12.4. The van der Waals surface area contributed by atoms with Gasteiger partial charge in [-0.25, -0.2) is 0 Å². The Balaban J connectivity index is 1.59. The Kier molecular flexibility index (Phi) is 4.79. The van der Waals surface area contributed by atoms with Gasteiger partial charge in [-0.2, -0.15) is 0 Å². The second kappa shape index (κ2) is 6.80. The second-order valence-electron chi connectivity index (χ2n) is 6.80. The molecular weight excluding hydrogens is 276 g/mol. The number of aliphatic hydroxyl groups is 1. The Morgan fingerprint density at radius 1 is 1.27 bits per heavy atom. The molecule has 1 aromatic rings. The molecule has 0 spiro atoms. The van der Waals surface area contributed by atoms with E-state index in [1.54, 1.807) is 0 Å². The van der Waals surface area contributed by atoms with Gasteiger partial charge in [0.2, 0.25) is 5.91 Å². The first kappa shape index (κ1) is 15.5. The monoisotopic (exact) mass is 302 g/mol. The summed E-state index contributed by atoms with van der Waals surface area (Å²) in [6.07, 6.45) is 7.01. The topological polar surface area (TPSA) is 75.4 Å². The van der Waals surface area contributed by atoms with E-state index in [9.17, 15) is 9.90 Å². The molecule has 22 heavy (non-hydrogen) atoms. The van der Waals surface area contributed by atoms with Gasteiger partial charge in [0.05, 0.1) is 18.2 Å². The predicted octanol–water partition coefficient (Wildman–Crippen LogP) is 2.06. The van der Waals surface area contributed by atoms with Crippen LogP contribution >= 0.6 is 0 Å². The van der Waals surface area contributed by atoms with Gasteiger partial charge in [-0.1, -0.05) is 56.4 Å². The second-order valence-corrected chi connectivity index (χ2v) is 6.80. The van der Waals surface area contributed by atoms with Crippen LogP contribution in [0.4, 0.5) is 0 Å². The highest BCUT2D eigenvalue weighted by Crippen LogP contribution is 2.32. The molecular formula is C18H26N2O2. The molecule has 0 saturated heterocycles. The number of nitrogens with two attached hydrogens (primary N) is 1. The van der Waals surface area contributed by atoms with Gasteiger partial charge in [-0.3, -0.25) is 4.79 Å². The minimum atomic E-state index is -0.553. The molecule has 1 fully saturated rings. The number of aliphatic hydroxyl groups excluding tert-OH is 1. The van der Waals surface area contributed by atoms with Gasteiger partial charge < -0.3 is 16.2 Å². The maximum Gasteiger partial charge on any atom is 0.237 e.